The van der Waals surface area contributed by atoms with E-state index in [4.69, 9.17) is 14.6 Å². The summed E-state index contributed by atoms with van der Waals surface area (Å²) in [5, 5.41) is 8.87. The highest BCUT2D eigenvalue weighted by Gasteiger charge is 2.56. The second-order valence-electron chi connectivity index (χ2n) is 8.02. The summed E-state index contributed by atoms with van der Waals surface area (Å²) in [5.41, 5.74) is 0.684. The molecule has 3 heterocycles. The minimum absolute atomic E-state index is 0.279. The predicted molar refractivity (Wildman–Crippen MR) is 118 cm³/mol. The van der Waals surface area contributed by atoms with Gasteiger partial charge in [0.25, 0.3) is 0 Å². The van der Waals surface area contributed by atoms with E-state index in [0.29, 0.717) is 39.5 Å². The molecule has 0 radical (unpaired) electrons. The fourth-order valence-corrected chi connectivity index (χ4v) is 6.51. The Balaban J connectivity index is 1.79. The van der Waals surface area contributed by atoms with Gasteiger partial charge in [-0.15, -0.1) is 0 Å². The molecule has 0 saturated carbocycles. The van der Waals surface area contributed by atoms with Crippen LogP contribution in [0.4, 0.5) is 0 Å². The second-order valence-corrected chi connectivity index (χ2v) is 10.2. The van der Waals surface area contributed by atoms with E-state index in [9.17, 15) is 19.2 Å². The number of aromatic nitrogens is 1. The zero-order valence-electron chi connectivity index (χ0n) is 17.6. The Morgan fingerprint density at radius 2 is 1.97 bits per heavy atom. The van der Waals surface area contributed by atoms with E-state index in [1.807, 2.05) is 13.8 Å². The summed E-state index contributed by atoms with van der Waals surface area (Å²) in [4.78, 5) is 53.3. The first-order valence-corrected chi connectivity index (χ1v) is 11.7. The summed E-state index contributed by atoms with van der Waals surface area (Å²) >= 11 is 2.10. The number of carboxylic acid groups (broad SMARTS) is 1. The monoisotopic (exact) mass is 478 g/mol. The molecule has 2 aromatic rings. The number of methoxy groups -OCH3 is 1. The van der Waals surface area contributed by atoms with Crippen LogP contribution in [0.25, 0.3) is 0 Å². The van der Waals surface area contributed by atoms with Crippen LogP contribution in [-0.4, -0.2) is 58.3 Å². The van der Waals surface area contributed by atoms with Crippen molar-refractivity contribution in [2.45, 2.75) is 30.0 Å². The van der Waals surface area contributed by atoms with Crippen LogP contribution < -0.4 is 14.3 Å². The molecule has 32 heavy (non-hydrogen) atoms. The molecule has 0 bridgehead atoms. The number of thiazole rings is 1. The van der Waals surface area contributed by atoms with E-state index in [1.165, 1.54) is 7.11 Å². The number of benzene rings is 1. The van der Waals surface area contributed by atoms with Gasteiger partial charge in [0.1, 0.15) is 11.8 Å². The number of nitrogens with zero attached hydrogens (tertiary/aromatic N) is 1. The van der Waals surface area contributed by atoms with E-state index < -0.39 is 41.4 Å². The molecule has 1 fully saturated rings. The summed E-state index contributed by atoms with van der Waals surface area (Å²) in [6.07, 6.45) is 0. The smallest absolute Gasteiger partial charge is 0.323 e. The highest BCUT2D eigenvalue weighted by Crippen LogP contribution is 2.53. The van der Waals surface area contributed by atoms with E-state index in [1.54, 1.807) is 18.2 Å². The third kappa shape index (κ3) is 3.90. The van der Waals surface area contributed by atoms with Crippen molar-refractivity contribution in [3.05, 3.63) is 38.3 Å². The molecule has 9 nitrogen and oxygen atoms in total. The van der Waals surface area contributed by atoms with Crippen molar-refractivity contribution < 1.29 is 29.0 Å². The lowest BCUT2D eigenvalue weighted by atomic mass is 9.83. The van der Waals surface area contributed by atoms with Gasteiger partial charge in [-0.2, -0.15) is 0 Å². The molecule has 4 rings (SSSR count). The van der Waals surface area contributed by atoms with Crippen molar-refractivity contribution in [2.75, 3.05) is 20.3 Å². The zero-order chi connectivity index (χ0) is 23.2. The molecule has 11 heteroatoms. The van der Waals surface area contributed by atoms with E-state index >= 15 is 0 Å². The number of hydrogen-bond donors (Lipinski definition) is 2. The van der Waals surface area contributed by atoms with Crippen LogP contribution >= 0.6 is 23.1 Å². The van der Waals surface area contributed by atoms with Gasteiger partial charge >= 0.3 is 10.8 Å². The number of likely N-dealkylation sites (tertiary alicyclic amines) is 1. The Morgan fingerprint density at radius 3 is 2.62 bits per heavy atom. The lowest BCUT2D eigenvalue weighted by molar-refractivity contribution is -0.149. The minimum Gasteiger partial charge on any atom is -0.493 e. The Bertz CT molecular complexity index is 1140. The number of thioether (sulfide) groups is 1. The average Bonchev–Trinajstić information content (AvgIpc) is 3.22. The molecule has 2 amide bonds. The molecule has 0 aliphatic carbocycles. The normalized spacial score (nSPS) is 22.1. The van der Waals surface area contributed by atoms with Crippen molar-refractivity contribution >= 4 is 40.9 Å². The SMILES string of the molecule is COc1cc([C@H]2c3sc(=O)[nH]c3SC3C(=O)N(CC(=O)O)C(=O)C32)ccc1OCC(C)C. The number of nitrogens with one attached hydrogen (secondary N) is 1. The minimum atomic E-state index is -1.26. The Hall–Kier alpha value is -2.79. The summed E-state index contributed by atoms with van der Waals surface area (Å²) in [6.45, 7) is 3.87. The largest absolute Gasteiger partial charge is 0.493 e. The maximum absolute atomic E-state index is 13.2. The topological polar surface area (TPSA) is 126 Å². The fraction of sp³-hybridized carbons (Fsp3) is 0.429. The summed E-state index contributed by atoms with van der Waals surface area (Å²) in [5.74, 6) is -2.44. The molecule has 1 aromatic heterocycles. The van der Waals surface area contributed by atoms with Crippen LogP contribution in [-0.2, 0) is 14.4 Å². The fourth-order valence-electron chi connectivity index (χ4n) is 3.98. The predicted octanol–water partition coefficient (Wildman–Crippen LogP) is 2.16. The number of carboxylic acids is 1. The number of fused-ring (bicyclic) bond motifs is 2. The third-order valence-electron chi connectivity index (χ3n) is 5.33. The summed E-state index contributed by atoms with van der Waals surface area (Å²) < 4.78 is 11.3. The number of ether oxygens (including phenoxy) is 2. The van der Waals surface area contributed by atoms with Gasteiger partial charge in [-0.25, -0.2) is 0 Å². The van der Waals surface area contributed by atoms with Gasteiger partial charge in [0.05, 0.1) is 24.7 Å². The summed E-state index contributed by atoms with van der Waals surface area (Å²) in [6, 6.07) is 5.29. The second kappa shape index (κ2) is 8.62. The Labute approximate surface area is 191 Å². The number of aliphatic carboxylic acids is 1. The number of hydrogen-bond acceptors (Lipinski definition) is 8. The van der Waals surface area contributed by atoms with Gasteiger partial charge in [0.15, 0.2) is 11.5 Å². The van der Waals surface area contributed by atoms with Crippen LogP contribution in [0.3, 0.4) is 0 Å². The number of aromatic amines is 1. The maximum Gasteiger partial charge on any atom is 0.323 e. The molecular weight excluding hydrogens is 456 g/mol. The van der Waals surface area contributed by atoms with Crippen LogP contribution in [0.15, 0.2) is 28.0 Å². The number of carbonyl (C=O) groups is 3. The van der Waals surface area contributed by atoms with Crippen molar-refractivity contribution in [1.29, 1.82) is 0 Å². The molecule has 2 unspecified atom stereocenters. The van der Waals surface area contributed by atoms with Crippen molar-refractivity contribution in [2.24, 2.45) is 11.8 Å². The molecule has 2 N–H and O–H groups in total. The van der Waals surface area contributed by atoms with E-state index in [-0.39, 0.29) is 4.87 Å². The molecule has 3 atom stereocenters. The first-order chi connectivity index (χ1) is 15.2. The van der Waals surface area contributed by atoms with Gasteiger partial charge in [-0.05, 0) is 23.6 Å². The third-order valence-corrected chi connectivity index (χ3v) is 7.73. The number of amides is 2. The highest BCUT2D eigenvalue weighted by molar-refractivity contribution is 8.00. The van der Waals surface area contributed by atoms with Crippen LogP contribution in [0.1, 0.15) is 30.2 Å². The number of carbonyl (C=O) groups excluding carboxylic acids is 2. The Kier molecular flexibility index (Phi) is 6.04. The first kappa shape index (κ1) is 22.4. The van der Waals surface area contributed by atoms with Crippen LogP contribution in [0, 0.1) is 11.8 Å². The number of imide groups is 1. The molecule has 170 valence electrons. The van der Waals surface area contributed by atoms with Gasteiger partial charge < -0.3 is 19.6 Å². The lowest BCUT2D eigenvalue weighted by Crippen LogP contribution is -2.36. The standard InChI is InChI=1S/C21H22N2O7S2/c1-9(2)8-30-11-5-4-10(6-12(11)29-3)14-15-17(31-18-16(14)32-21(28)22-18)20(27)23(19(15)26)7-13(24)25/h4-6,9,14-15,17H,7-8H2,1-3H3,(H,22,28)(H,24,25)/t14-,15?,17?/m1/s1. The Morgan fingerprint density at radius 1 is 1.22 bits per heavy atom. The molecular formula is C21H22N2O7S2. The van der Waals surface area contributed by atoms with Gasteiger partial charge in [-0.3, -0.25) is 24.1 Å². The summed E-state index contributed by atoms with van der Waals surface area (Å²) in [7, 11) is 1.51. The molecule has 1 saturated heterocycles. The van der Waals surface area contributed by atoms with Crippen molar-refractivity contribution in [3.63, 3.8) is 0 Å². The van der Waals surface area contributed by atoms with Gasteiger partial charge in [-0.1, -0.05) is 43.0 Å². The van der Waals surface area contributed by atoms with Crippen LogP contribution in [0.5, 0.6) is 11.5 Å². The molecule has 2 aliphatic heterocycles. The molecule has 2 aliphatic rings. The van der Waals surface area contributed by atoms with Gasteiger partial charge in [0, 0.05) is 10.8 Å². The molecule has 1 aromatic carbocycles. The first-order valence-electron chi connectivity index (χ1n) is 9.98. The molecule has 0 spiro atoms. The quantitative estimate of drug-likeness (QED) is 0.580. The van der Waals surface area contributed by atoms with E-state index in [2.05, 4.69) is 4.98 Å². The van der Waals surface area contributed by atoms with Crippen LogP contribution in [0.2, 0.25) is 0 Å². The zero-order valence-corrected chi connectivity index (χ0v) is 19.2. The number of H-pyrrole nitrogens is 1. The van der Waals surface area contributed by atoms with Crippen molar-refractivity contribution in [1.82, 2.24) is 9.88 Å². The lowest BCUT2D eigenvalue weighted by Gasteiger charge is -2.30. The number of rotatable bonds is 7. The van der Waals surface area contributed by atoms with Gasteiger partial charge in [0.2, 0.25) is 11.8 Å². The van der Waals surface area contributed by atoms with Crippen molar-refractivity contribution in [3.8, 4) is 11.5 Å². The van der Waals surface area contributed by atoms with E-state index in [0.717, 1.165) is 28.0 Å². The maximum atomic E-state index is 13.2. The highest BCUT2D eigenvalue weighted by atomic mass is 32.2. The average molecular weight is 479 g/mol.